The maximum absolute atomic E-state index is 11.3. The minimum Gasteiger partial charge on any atom is -0.481 e. The van der Waals surface area contributed by atoms with Gasteiger partial charge in [-0.25, -0.2) is 4.98 Å². The Morgan fingerprint density at radius 2 is 1.91 bits per heavy atom. The third kappa shape index (κ3) is 4.73. The van der Waals surface area contributed by atoms with Crippen LogP contribution < -0.4 is 19.7 Å². The van der Waals surface area contributed by atoms with Gasteiger partial charge in [0.15, 0.2) is 11.5 Å². The predicted molar refractivity (Wildman–Crippen MR) is 123 cm³/mol. The van der Waals surface area contributed by atoms with Crippen molar-refractivity contribution in [1.29, 1.82) is 0 Å². The van der Waals surface area contributed by atoms with Gasteiger partial charge in [0, 0.05) is 59.6 Å². The van der Waals surface area contributed by atoms with E-state index in [0.29, 0.717) is 49.3 Å². The molecule has 1 radical (unpaired) electrons. The van der Waals surface area contributed by atoms with E-state index in [-0.39, 0.29) is 42.3 Å². The van der Waals surface area contributed by atoms with Gasteiger partial charge in [0.2, 0.25) is 12.7 Å². The number of hydrogen-bond acceptors (Lipinski definition) is 7. The van der Waals surface area contributed by atoms with Crippen molar-refractivity contribution in [1.82, 2.24) is 9.97 Å². The molecule has 161 valence electrons. The van der Waals surface area contributed by atoms with E-state index >= 15 is 0 Å². The fraction of sp³-hybridized carbons (Fsp3) is 0.318. The molecule has 2 aliphatic rings. The number of nitrogens with one attached hydrogen (secondary N) is 1. The normalized spacial score (nSPS) is 15.5. The van der Waals surface area contributed by atoms with Crippen LogP contribution in [0.2, 0.25) is 5.02 Å². The van der Waals surface area contributed by atoms with Gasteiger partial charge in [-0.2, -0.15) is 4.98 Å². The topological polar surface area (TPSA) is 96.8 Å². The number of nitrogens with zero attached hydrogens (tertiary/aromatic N) is 3. The molecule has 0 saturated carbocycles. The number of ether oxygens (including phenoxy) is 2. The van der Waals surface area contributed by atoms with Crippen molar-refractivity contribution < 1.29 is 19.4 Å². The van der Waals surface area contributed by atoms with Gasteiger partial charge in [0.05, 0.1) is 11.4 Å². The average molecular weight is 464 g/mol. The SMILES string of the molecule is O=C(O)C1CCN(c2nc(NCc3ccc4c(c3)OCO4)c3cc(Cl)ccc3n2)CC1.[Na]. The fourth-order valence-electron chi connectivity index (χ4n) is 3.93. The number of benzene rings is 2. The van der Waals surface area contributed by atoms with E-state index in [1.54, 1.807) is 6.07 Å². The summed E-state index contributed by atoms with van der Waals surface area (Å²) in [6.07, 6.45) is 1.16. The number of carboxylic acid groups (broad SMARTS) is 1. The molecule has 0 spiro atoms. The minimum absolute atomic E-state index is 0. The molecular weight excluding hydrogens is 443 g/mol. The molecule has 1 saturated heterocycles. The van der Waals surface area contributed by atoms with Crippen molar-refractivity contribution in [2.24, 2.45) is 5.92 Å². The number of carboxylic acids is 1. The maximum Gasteiger partial charge on any atom is 0.306 e. The van der Waals surface area contributed by atoms with Crippen molar-refractivity contribution in [3.8, 4) is 11.5 Å². The van der Waals surface area contributed by atoms with Crippen LogP contribution in [-0.4, -0.2) is 70.5 Å². The van der Waals surface area contributed by atoms with Gasteiger partial charge >= 0.3 is 5.97 Å². The molecule has 2 aliphatic heterocycles. The van der Waals surface area contributed by atoms with Crippen LogP contribution in [0, 0.1) is 5.92 Å². The summed E-state index contributed by atoms with van der Waals surface area (Å²) in [7, 11) is 0. The molecule has 3 heterocycles. The van der Waals surface area contributed by atoms with Crippen LogP contribution in [-0.2, 0) is 11.3 Å². The van der Waals surface area contributed by atoms with E-state index in [1.165, 1.54) is 0 Å². The molecule has 5 rings (SSSR count). The number of halogens is 1. The van der Waals surface area contributed by atoms with Crippen LogP contribution in [0.15, 0.2) is 36.4 Å². The Kier molecular flexibility index (Phi) is 6.95. The second-order valence-corrected chi connectivity index (χ2v) is 8.11. The van der Waals surface area contributed by atoms with E-state index in [2.05, 4.69) is 5.32 Å². The number of rotatable bonds is 5. The largest absolute Gasteiger partial charge is 0.481 e. The smallest absolute Gasteiger partial charge is 0.306 e. The standard InChI is InChI=1S/C22H21ClN4O4.Na/c23-15-2-3-17-16(10-15)20(24-11-13-1-4-18-19(9-13)31-12-30-18)26-22(25-17)27-7-5-14(6-8-27)21(28)29;/h1-4,9-10,14H,5-8,11-12H2,(H,28,29)(H,24,25,26);. The number of anilines is 2. The van der Waals surface area contributed by atoms with Gasteiger partial charge in [0.1, 0.15) is 5.82 Å². The molecular formula is C22H21ClN4NaO4. The van der Waals surface area contributed by atoms with Crippen LogP contribution in [0.1, 0.15) is 18.4 Å². The van der Waals surface area contributed by atoms with Crippen molar-refractivity contribution in [2.45, 2.75) is 19.4 Å². The molecule has 0 bridgehead atoms. The van der Waals surface area contributed by atoms with Crippen molar-refractivity contribution in [3.05, 3.63) is 47.0 Å². The zero-order chi connectivity index (χ0) is 21.4. The number of piperidine rings is 1. The molecule has 1 fully saturated rings. The molecule has 0 atom stereocenters. The Labute approximate surface area is 212 Å². The number of fused-ring (bicyclic) bond motifs is 2. The van der Waals surface area contributed by atoms with Crippen molar-refractivity contribution in [3.63, 3.8) is 0 Å². The Bertz CT molecular complexity index is 1150. The number of hydrogen-bond donors (Lipinski definition) is 2. The van der Waals surface area contributed by atoms with Crippen LogP contribution in [0.4, 0.5) is 11.8 Å². The van der Waals surface area contributed by atoms with E-state index < -0.39 is 5.97 Å². The minimum atomic E-state index is -0.736. The van der Waals surface area contributed by atoms with Gasteiger partial charge in [-0.15, -0.1) is 0 Å². The molecule has 3 aromatic rings. The Balaban J connectivity index is 0.00000245. The summed E-state index contributed by atoms with van der Waals surface area (Å²) in [5, 5.41) is 14.1. The van der Waals surface area contributed by atoms with Crippen molar-refractivity contribution in [2.75, 3.05) is 30.1 Å². The zero-order valence-electron chi connectivity index (χ0n) is 17.7. The van der Waals surface area contributed by atoms with Gasteiger partial charge in [-0.05, 0) is 48.7 Å². The second-order valence-electron chi connectivity index (χ2n) is 7.67. The number of aliphatic carboxylic acids is 1. The molecule has 0 amide bonds. The van der Waals surface area contributed by atoms with Crippen LogP contribution >= 0.6 is 11.6 Å². The molecule has 0 unspecified atom stereocenters. The summed E-state index contributed by atoms with van der Waals surface area (Å²) in [4.78, 5) is 22.8. The number of aromatic nitrogens is 2. The summed E-state index contributed by atoms with van der Waals surface area (Å²) in [5.41, 5.74) is 1.81. The Morgan fingerprint density at radius 3 is 2.69 bits per heavy atom. The Hall–Kier alpha value is -2.26. The summed E-state index contributed by atoms with van der Waals surface area (Å²) in [6.45, 7) is 1.99. The van der Waals surface area contributed by atoms with Gasteiger partial charge in [-0.1, -0.05) is 17.7 Å². The van der Waals surface area contributed by atoms with Gasteiger partial charge < -0.3 is 24.8 Å². The summed E-state index contributed by atoms with van der Waals surface area (Å²) >= 11 is 6.23. The van der Waals surface area contributed by atoms with Crippen molar-refractivity contribution >= 4 is 69.8 Å². The first-order valence-corrected chi connectivity index (χ1v) is 10.5. The van der Waals surface area contributed by atoms with Gasteiger partial charge in [0.25, 0.3) is 0 Å². The molecule has 0 aliphatic carbocycles. The summed E-state index contributed by atoms with van der Waals surface area (Å²) in [5.74, 6) is 1.71. The summed E-state index contributed by atoms with van der Waals surface area (Å²) < 4.78 is 10.8. The second kappa shape index (κ2) is 9.70. The third-order valence-electron chi connectivity index (χ3n) is 5.67. The molecule has 2 N–H and O–H groups in total. The monoisotopic (exact) mass is 463 g/mol. The third-order valence-corrected chi connectivity index (χ3v) is 5.91. The van der Waals surface area contributed by atoms with E-state index in [9.17, 15) is 9.90 Å². The first-order chi connectivity index (χ1) is 15.1. The first kappa shape index (κ1) is 22.9. The predicted octanol–water partition coefficient (Wildman–Crippen LogP) is 3.54. The fourth-order valence-corrected chi connectivity index (χ4v) is 4.10. The Morgan fingerprint density at radius 1 is 1.12 bits per heavy atom. The molecule has 2 aromatic carbocycles. The van der Waals surface area contributed by atoms with E-state index in [1.807, 2.05) is 35.2 Å². The average Bonchev–Trinajstić information content (AvgIpc) is 3.25. The maximum atomic E-state index is 11.3. The zero-order valence-corrected chi connectivity index (χ0v) is 20.4. The summed E-state index contributed by atoms with van der Waals surface area (Å²) in [6, 6.07) is 11.3. The molecule has 8 nitrogen and oxygen atoms in total. The van der Waals surface area contributed by atoms with Crippen LogP contribution in [0.25, 0.3) is 10.9 Å². The van der Waals surface area contributed by atoms with E-state index in [4.69, 9.17) is 31.0 Å². The first-order valence-electron chi connectivity index (χ1n) is 10.1. The molecule has 1 aromatic heterocycles. The number of carbonyl (C=O) groups is 1. The molecule has 10 heteroatoms. The van der Waals surface area contributed by atoms with Gasteiger partial charge in [-0.3, -0.25) is 4.79 Å². The molecule has 32 heavy (non-hydrogen) atoms. The van der Waals surface area contributed by atoms with Crippen LogP contribution in [0.5, 0.6) is 11.5 Å². The quantitative estimate of drug-likeness (QED) is 0.554. The van der Waals surface area contributed by atoms with Crippen LogP contribution in [0.3, 0.4) is 0 Å². The van der Waals surface area contributed by atoms with E-state index in [0.717, 1.165) is 28.0 Å².